The molecule has 1 heterocycles. The van der Waals surface area contributed by atoms with Gasteiger partial charge in [-0.05, 0) is 36.6 Å². The number of benzene rings is 2. The number of anilines is 1. The van der Waals surface area contributed by atoms with Crippen LogP contribution >= 0.6 is 0 Å². The van der Waals surface area contributed by atoms with Crippen molar-refractivity contribution in [1.82, 2.24) is 10.2 Å². The zero-order chi connectivity index (χ0) is 19.8. The van der Waals surface area contributed by atoms with Crippen LogP contribution in [-0.2, 0) is 16.1 Å². The van der Waals surface area contributed by atoms with Crippen LogP contribution in [0.1, 0.15) is 28.8 Å². The smallest absolute Gasteiger partial charge is 0.251 e. The minimum atomic E-state index is -0.133. The molecule has 1 atom stereocenters. The van der Waals surface area contributed by atoms with Crippen LogP contribution in [0.5, 0.6) is 0 Å². The van der Waals surface area contributed by atoms with Crippen LogP contribution < -0.4 is 10.6 Å². The molecule has 0 aliphatic carbocycles. The van der Waals surface area contributed by atoms with E-state index in [1.165, 1.54) is 0 Å². The summed E-state index contributed by atoms with van der Waals surface area (Å²) in [6.45, 7) is 2.03. The number of carbonyl (C=O) groups excluding carboxylic acids is 2. The first-order valence-corrected chi connectivity index (χ1v) is 9.63. The van der Waals surface area contributed by atoms with E-state index in [1.807, 2.05) is 42.5 Å². The Labute approximate surface area is 165 Å². The molecule has 1 saturated heterocycles. The second-order valence-electron chi connectivity index (χ2n) is 7.01. The van der Waals surface area contributed by atoms with Crippen LogP contribution in [0.25, 0.3) is 0 Å². The largest absolute Gasteiger partial charge is 0.376 e. The number of hydrogen-bond acceptors (Lipinski definition) is 4. The number of hydrogen-bond donors (Lipinski definition) is 2. The summed E-state index contributed by atoms with van der Waals surface area (Å²) in [4.78, 5) is 26.4. The highest BCUT2D eigenvalue weighted by Crippen LogP contribution is 2.13. The van der Waals surface area contributed by atoms with Gasteiger partial charge in [-0.25, -0.2) is 0 Å². The Balaban J connectivity index is 1.48. The third-order valence-electron chi connectivity index (χ3n) is 4.77. The van der Waals surface area contributed by atoms with Crippen molar-refractivity contribution < 1.29 is 14.3 Å². The maximum absolute atomic E-state index is 12.4. The molecule has 1 aliphatic rings. The lowest BCUT2D eigenvalue weighted by Crippen LogP contribution is -2.32. The van der Waals surface area contributed by atoms with Crippen LogP contribution in [0.15, 0.2) is 54.6 Å². The van der Waals surface area contributed by atoms with Crippen LogP contribution in [0.3, 0.4) is 0 Å². The minimum Gasteiger partial charge on any atom is -0.376 e. The average Bonchev–Trinajstić information content (AvgIpc) is 3.25. The van der Waals surface area contributed by atoms with Gasteiger partial charge in [0.05, 0.1) is 12.6 Å². The third-order valence-corrected chi connectivity index (χ3v) is 4.77. The minimum absolute atomic E-state index is 0.0166. The van der Waals surface area contributed by atoms with Crippen molar-refractivity contribution in [2.24, 2.45) is 0 Å². The van der Waals surface area contributed by atoms with Crippen LogP contribution in [-0.4, -0.2) is 49.6 Å². The van der Waals surface area contributed by atoms with Gasteiger partial charge in [0.1, 0.15) is 0 Å². The number of likely N-dealkylation sites (N-methyl/N-ethyl adjacent to an activating group) is 1. The molecule has 2 aromatic rings. The normalized spacial score (nSPS) is 15.8. The first-order chi connectivity index (χ1) is 13.6. The lowest BCUT2D eigenvalue weighted by Gasteiger charge is -2.18. The molecule has 2 N–H and O–H groups in total. The molecule has 2 amide bonds. The molecule has 28 heavy (non-hydrogen) atoms. The Bertz CT molecular complexity index is 789. The van der Waals surface area contributed by atoms with Gasteiger partial charge in [0.2, 0.25) is 5.91 Å². The van der Waals surface area contributed by atoms with Crippen LogP contribution in [0, 0.1) is 0 Å². The fourth-order valence-corrected chi connectivity index (χ4v) is 3.14. The van der Waals surface area contributed by atoms with Gasteiger partial charge in [0, 0.05) is 38.0 Å². The van der Waals surface area contributed by atoms with E-state index in [0.717, 1.165) is 30.7 Å². The van der Waals surface area contributed by atoms with Gasteiger partial charge in [-0.15, -0.1) is 0 Å². The molecule has 0 radical (unpaired) electrons. The first-order valence-electron chi connectivity index (χ1n) is 9.63. The second-order valence-corrected chi connectivity index (χ2v) is 7.01. The predicted octanol–water partition coefficient (Wildman–Crippen LogP) is 2.67. The van der Waals surface area contributed by atoms with Crippen molar-refractivity contribution in [1.29, 1.82) is 0 Å². The highest BCUT2D eigenvalue weighted by molar-refractivity contribution is 5.95. The summed E-state index contributed by atoms with van der Waals surface area (Å²) in [6.07, 6.45) is 2.15. The Hall–Kier alpha value is -2.86. The first kappa shape index (κ1) is 19.9. The van der Waals surface area contributed by atoms with Crippen molar-refractivity contribution in [2.75, 3.05) is 32.1 Å². The lowest BCUT2D eigenvalue weighted by atomic mass is 10.1. The third kappa shape index (κ3) is 5.82. The summed E-state index contributed by atoms with van der Waals surface area (Å²) in [5, 5.41) is 6.02. The molecule has 1 fully saturated rings. The Morgan fingerprint density at radius 1 is 1.14 bits per heavy atom. The van der Waals surface area contributed by atoms with Crippen LogP contribution in [0.4, 0.5) is 5.69 Å². The summed E-state index contributed by atoms with van der Waals surface area (Å²) >= 11 is 0. The maximum atomic E-state index is 12.4. The topological polar surface area (TPSA) is 70.7 Å². The van der Waals surface area contributed by atoms with Crippen molar-refractivity contribution in [3.8, 4) is 0 Å². The van der Waals surface area contributed by atoms with Crippen molar-refractivity contribution in [3.63, 3.8) is 0 Å². The molecule has 6 nitrogen and oxygen atoms in total. The Morgan fingerprint density at radius 3 is 2.71 bits per heavy atom. The number of rotatable bonds is 8. The summed E-state index contributed by atoms with van der Waals surface area (Å²) in [5.74, 6) is -0.149. The molecule has 0 bridgehead atoms. The number of nitrogens with one attached hydrogen (secondary N) is 2. The maximum Gasteiger partial charge on any atom is 0.251 e. The summed E-state index contributed by atoms with van der Waals surface area (Å²) < 4.78 is 5.52. The zero-order valence-corrected chi connectivity index (χ0v) is 16.2. The molecule has 2 aromatic carbocycles. The van der Waals surface area contributed by atoms with Gasteiger partial charge in [-0.2, -0.15) is 0 Å². The molecule has 148 valence electrons. The van der Waals surface area contributed by atoms with Gasteiger partial charge in [-0.3, -0.25) is 9.59 Å². The highest BCUT2D eigenvalue weighted by Gasteiger charge is 2.17. The molecule has 3 rings (SSSR count). The second kappa shape index (κ2) is 9.90. The number of ether oxygens (including phenoxy) is 1. The number of amides is 2. The molecule has 0 spiro atoms. The summed E-state index contributed by atoms with van der Waals surface area (Å²) in [7, 11) is 1.78. The molecule has 1 unspecified atom stereocenters. The SMILES string of the molecule is CN(Cc1ccccc1)C(=O)CNc1cccc(C(=O)NCC2CCCO2)c1. The number of nitrogens with zero attached hydrogens (tertiary/aromatic N) is 1. The van der Waals surface area contributed by atoms with Gasteiger partial charge in [-0.1, -0.05) is 36.4 Å². The van der Waals surface area contributed by atoms with Gasteiger partial charge < -0.3 is 20.3 Å². The monoisotopic (exact) mass is 381 g/mol. The van der Waals surface area contributed by atoms with Crippen molar-refractivity contribution in [2.45, 2.75) is 25.5 Å². The van der Waals surface area contributed by atoms with Crippen LogP contribution in [0.2, 0.25) is 0 Å². The Morgan fingerprint density at radius 2 is 1.96 bits per heavy atom. The van der Waals surface area contributed by atoms with E-state index in [2.05, 4.69) is 10.6 Å². The molecule has 0 saturated carbocycles. The molecular weight excluding hydrogens is 354 g/mol. The predicted molar refractivity (Wildman–Crippen MR) is 109 cm³/mol. The quantitative estimate of drug-likeness (QED) is 0.738. The fraction of sp³-hybridized carbons (Fsp3) is 0.364. The van der Waals surface area contributed by atoms with Crippen molar-refractivity contribution >= 4 is 17.5 Å². The molecular formula is C22H27N3O3. The lowest BCUT2D eigenvalue weighted by molar-refractivity contribution is -0.128. The molecule has 1 aliphatic heterocycles. The highest BCUT2D eigenvalue weighted by atomic mass is 16.5. The van der Waals surface area contributed by atoms with E-state index in [-0.39, 0.29) is 24.5 Å². The Kier molecular flexibility index (Phi) is 7.03. The van der Waals surface area contributed by atoms with E-state index in [1.54, 1.807) is 24.1 Å². The summed E-state index contributed by atoms with van der Waals surface area (Å²) in [6, 6.07) is 17.0. The molecule has 0 aromatic heterocycles. The zero-order valence-electron chi connectivity index (χ0n) is 16.2. The summed E-state index contributed by atoms with van der Waals surface area (Å²) in [5.41, 5.74) is 2.39. The number of carbonyl (C=O) groups is 2. The van der Waals surface area contributed by atoms with E-state index < -0.39 is 0 Å². The van der Waals surface area contributed by atoms with E-state index in [0.29, 0.717) is 18.7 Å². The van der Waals surface area contributed by atoms with E-state index in [9.17, 15) is 9.59 Å². The van der Waals surface area contributed by atoms with Gasteiger partial charge in [0.15, 0.2) is 0 Å². The standard InChI is InChI=1S/C22H27N3O3/c1-25(16-17-7-3-2-4-8-17)21(26)15-23-19-10-5-9-18(13-19)22(27)24-14-20-11-6-12-28-20/h2-5,7-10,13,20,23H,6,11-12,14-16H2,1H3,(H,24,27). The van der Waals surface area contributed by atoms with Gasteiger partial charge in [0.25, 0.3) is 5.91 Å². The van der Waals surface area contributed by atoms with E-state index in [4.69, 9.17) is 4.74 Å². The fourth-order valence-electron chi connectivity index (χ4n) is 3.14. The van der Waals surface area contributed by atoms with Crippen molar-refractivity contribution in [3.05, 3.63) is 65.7 Å². The van der Waals surface area contributed by atoms with Gasteiger partial charge >= 0.3 is 0 Å². The molecule has 6 heteroatoms. The average molecular weight is 381 g/mol. The van der Waals surface area contributed by atoms with E-state index >= 15 is 0 Å².